The van der Waals surface area contributed by atoms with Gasteiger partial charge in [0.05, 0.1) is 10.6 Å². The summed E-state index contributed by atoms with van der Waals surface area (Å²) in [6, 6.07) is 18.7. The molecular formula is C23H23N3O3S2. The first-order valence-electron chi connectivity index (χ1n) is 9.53. The number of anilines is 2. The van der Waals surface area contributed by atoms with Crippen LogP contribution in [0.2, 0.25) is 0 Å². The van der Waals surface area contributed by atoms with Crippen LogP contribution in [0.15, 0.2) is 71.6 Å². The van der Waals surface area contributed by atoms with E-state index in [1.165, 1.54) is 12.1 Å². The summed E-state index contributed by atoms with van der Waals surface area (Å²) in [5.74, 6) is -0.325. The highest BCUT2D eigenvalue weighted by atomic mass is 32.2. The number of aryl methyl sites for hydroxylation is 3. The van der Waals surface area contributed by atoms with Gasteiger partial charge in [0.15, 0.2) is 5.11 Å². The highest BCUT2D eigenvalue weighted by Gasteiger charge is 2.15. The van der Waals surface area contributed by atoms with Gasteiger partial charge in [-0.25, -0.2) is 8.42 Å². The van der Waals surface area contributed by atoms with E-state index in [1.54, 1.807) is 30.3 Å². The molecule has 0 aliphatic rings. The fraction of sp³-hybridized carbons (Fsp3) is 0.130. The molecule has 0 spiro atoms. The molecule has 0 aliphatic heterocycles. The van der Waals surface area contributed by atoms with Crippen molar-refractivity contribution in [3.8, 4) is 0 Å². The molecule has 0 aliphatic carbocycles. The van der Waals surface area contributed by atoms with Crippen LogP contribution in [0.5, 0.6) is 0 Å². The standard InChI is InChI=1S/C23H23N3O3S2/c1-15-4-7-18(8-5-15)22(27)25-23(30)24-19-9-11-20(12-10-19)31(28,29)26-21-13-6-16(2)14-17(21)3/h4-14,26H,1-3H3,(H2,24,25,27,30). The predicted molar refractivity (Wildman–Crippen MR) is 128 cm³/mol. The molecule has 3 aromatic carbocycles. The van der Waals surface area contributed by atoms with E-state index < -0.39 is 10.0 Å². The highest BCUT2D eigenvalue weighted by Crippen LogP contribution is 2.21. The number of sulfonamides is 1. The number of carbonyl (C=O) groups is 1. The number of hydrogen-bond donors (Lipinski definition) is 3. The molecule has 0 heterocycles. The Labute approximate surface area is 187 Å². The van der Waals surface area contributed by atoms with Crippen LogP contribution in [0.4, 0.5) is 11.4 Å². The number of hydrogen-bond acceptors (Lipinski definition) is 4. The zero-order chi connectivity index (χ0) is 22.6. The maximum atomic E-state index is 12.7. The monoisotopic (exact) mass is 453 g/mol. The van der Waals surface area contributed by atoms with Gasteiger partial charge in [-0.1, -0.05) is 35.4 Å². The molecule has 0 saturated carbocycles. The van der Waals surface area contributed by atoms with E-state index in [4.69, 9.17) is 12.2 Å². The second kappa shape index (κ2) is 9.28. The Morgan fingerprint density at radius 2 is 1.45 bits per heavy atom. The van der Waals surface area contributed by atoms with Crippen molar-refractivity contribution < 1.29 is 13.2 Å². The maximum absolute atomic E-state index is 12.7. The van der Waals surface area contributed by atoms with E-state index in [1.807, 2.05) is 45.0 Å². The van der Waals surface area contributed by atoms with Gasteiger partial charge >= 0.3 is 0 Å². The van der Waals surface area contributed by atoms with Gasteiger partial charge in [0.1, 0.15) is 0 Å². The Morgan fingerprint density at radius 3 is 2.06 bits per heavy atom. The van der Waals surface area contributed by atoms with Gasteiger partial charge in [0.2, 0.25) is 0 Å². The molecule has 0 atom stereocenters. The molecule has 160 valence electrons. The van der Waals surface area contributed by atoms with E-state index in [0.717, 1.165) is 16.7 Å². The molecule has 3 N–H and O–H groups in total. The van der Waals surface area contributed by atoms with Crippen LogP contribution in [0, 0.1) is 20.8 Å². The molecule has 8 heteroatoms. The molecule has 0 unspecified atom stereocenters. The van der Waals surface area contributed by atoms with Crippen LogP contribution in [-0.4, -0.2) is 19.4 Å². The third-order valence-corrected chi connectivity index (χ3v) is 6.18. The summed E-state index contributed by atoms with van der Waals surface area (Å²) in [6.45, 7) is 5.74. The zero-order valence-corrected chi connectivity index (χ0v) is 19.0. The second-order valence-electron chi connectivity index (χ2n) is 7.22. The Bertz CT molecular complexity index is 1220. The number of thiocarbonyl (C=S) groups is 1. The van der Waals surface area contributed by atoms with Gasteiger partial charge in [-0.2, -0.15) is 0 Å². The molecular weight excluding hydrogens is 430 g/mol. The normalized spacial score (nSPS) is 10.9. The van der Waals surface area contributed by atoms with E-state index in [2.05, 4.69) is 15.4 Å². The molecule has 0 fully saturated rings. The lowest BCUT2D eigenvalue weighted by Gasteiger charge is -2.13. The number of rotatable bonds is 5. The van der Waals surface area contributed by atoms with E-state index in [-0.39, 0.29) is 15.9 Å². The number of benzene rings is 3. The number of amides is 1. The van der Waals surface area contributed by atoms with Crippen molar-refractivity contribution >= 4 is 44.6 Å². The lowest BCUT2D eigenvalue weighted by atomic mass is 10.1. The molecule has 3 rings (SSSR count). The third-order valence-electron chi connectivity index (χ3n) is 4.59. The summed E-state index contributed by atoms with van der Waals surface area (Å²) in [7, 11) is -3.73. The third kappa shape index (κ3) is 5.90. The SMILES string of the molecule is Cc1ccc(C(=O)NC(=S)Nc2ccc(S(=O)(=O)Nc3ccc(C)cc3C)cc2)cc1. The van der Waals surface area contributed by atoms with Crippen molar-refractivity contribution in [2.24, 2.45) is 0 Å². The molecule has 0 aromatic heterocycles. The molecule has 0 saturated heterocycles. The lowest BCUT2D eigenvalue weighted by Crippen LogP contribution is -2.34. The Balaban J connectivity index is 1.64. The van der Waals surface area contributed by atoms with Crippen LogP contribution in [0.25, 0.3) is 0 Å². The predicted octanol–water partition coefficient (Wildman–Crippen LogP) is 4.54. The van der Waals surface area contributed by atoms with E-state index in [0.29, 0.717) is 16.9 Å². The molecule has 6 nitrogen and oxygen atoms in total. The van der Waals surface area contributed by atoms with Crippen molar-refractivity contribution in [3.05, 3.63) is 89.0 Å². The molecule has 1 amide bonds. The summed E-state index contributed by atoms with van der Waals surface area (Å²) < 4.78 is 28.0. The minimum Gasteiger partial charge on any atom is -0.332 e. The van der Waals surface area contributed by atoms with Crippen LogP contribution < -0.4 is 15.4 Å². The molecule has 0 bridgehead atoms. The molecule has 31 heavy (non-hydrogen) atoms. The summed E-state index contributed by atoms with van der Waals surface area (Å²) in [5, 5.41) is 5.61. The van der Waals surface area contributed by atoms with Crippen LogP contribution in [-0.2, 0) is 10.0 Å². The average Bonchev–Trinajstić information content (AvgIpc) is 2.71. The number of carbonyl (C=O) groups excluding carboxylic acids is 1. The van der Waals surface area contributed by atoms with Gasteiger partial charge in [-0.3, -0.25) is 14.8 Å². The van der Waals surface area contributed by atoms with Crippen molar-refractivity contribution in [2.45, 2.75) is 25.7 Å². The molecule has 0 radical (unpaired) electrons. The average molecular weight is 454 g/mol. The highest BCUT2D eigenvalue weighted by molar-refractivity contribution is 7.92. The van der Waals surface area contributed by atoms with Crippen molar-refractivity contribution in [2.75, 3.05) is 10.0 Å². The van der Waals surface area contributed by atoms with Crippen LogP contribution in [0.3, 0.4) is 0 Å². The van der Waals surface area contributed by atoms with Gasteiger partial charge in [-0.15, -0.1) is 0 Å². The molecule has 3 aromatic rings. The van der Waals surface area contributed by atoms with Crippen LogP contribution in [0.1, 0.15) is 27.0 Å². The topological polar surface area (TPSA) is 87.3 Å². The lowest BCUT2D eigenvalue weighted by molar-refractivity contribution is 0.0977. The summed E-state index contributed by atoms with van der Waals surface area (Å²) >= 11 is 5.18. The minimum atomic E-state index is -3.73. The number of nitrogens with one attached hydrogen (secondary N) is 3. The van der Waals surface area contributed by atoms with E-state index in [9.17, 15) is 13.2 Å². The summed E-state index contributed by atoms with van der Waals surface area (Å²) in [5.41, 5.74) is 4.54. The van der Waals surface area contributed by atoms with Gasteiger partial charge in [-0.05, 0) is 81.0 Å². The van der Waals surface area contributed by atoms with Gasteiger partial charge in [0, 0.05) is 11.3 Å². The van der Waals surface area contributed by atoms with Gasteiger partial charge in [0.25, 0.3) is 15.9 Å². The van der Waals surface area contributed by atoms with Crippen molar-refractivity contribution in [3.63, 3.8) is 0 Å². The Hall–Kier alpha value is -3.23. The first-order chi connectivity index (χ1) is 14.6. The maximum Gasteiger partial charge on any atom is 0.261 e. The largest absolute Gasteiger partial charge is 0.332 e. The first kappa shape index (κ1) is 22.5. The van der Waals surface area contributed by atoms with E-state index >= 15 is 0 Å². The minimum absolute atomic E-state index is 0.118. The van der Waals surface area contributed by atoms with Gasteiger partial charge < -0.3 is 5.32 Å². The quantitative estimate of drug-likeness (QED) is 0.494. The second-order valence-corrected chi connectivity index (χ2v) is 9.31. The van der Waals surface area contributed by atoms with Crippen molar-refractivity contribution in [1.82, 2.24) is 5.32 Å². The van der Waals surface area contributed by atoms with Crippen molar-refractivity contribution in [1.29, 1.82) is 0 Å². The summed E-state index contributed by atoms with van der Waals surface area (Å²) in [6.07, 6.45) is 0. The Morgan fingerprint density at radius 1 is 0.839 bits per heavy atom. The zero-order valence-electron chi connectivity index (χ0n) is 17.4. The fourth-order valence-electron chi connectivity index (χ4n) is 2.89. The van der Waals surface area contributed by atoms with Crippen LogP contribution >= 0.6 is 12.2 Å². The summed E-state index contributed by atoms with van der Waals surface area (Å²) in [4.78, 5) is 12.4. The fourth-order valence-corrected chi connectivity index (χ4v) is 4.23. The first-order valence-corrected chi connectivity index (χ1v) is 11.4. The Kier molecular flexibility index (Phi) is 6.72. The smallest absolute Gasteiger partial charge is 0.261 e.